The summed E-state index contributed by atoms with van der Waals surface area (Å²) in [5.41, 5.74) is 0.816. The van der Waals surface area contributed by atoms with Crippen molar-refractivity contribution in [2.24, 2.45) is 0 Å². The molecule has 1 saturated heterocycles. The van der Waals surface area contributed by atoms with Crippen LogP contribution in [0.5, 0.6) is 0 Å². The van der Waals surface area contributed by atoms with E-state index in [-0.39, 0.29) is 19.8 Å². The van der Waals surface area contributed by atoms with Crippen molar-refractivity contribution in [2.45, 2.75) is 19.1 Å². The molecule has 1 aliphatic rings. The van der Waals surface area contributed by atoms with Gasteiger partial charge in [-0.15, -0.1) is 0 Å². The Bertz CT molecular complexity index is 782. The maximum atomic E-state index is 12.2. The van der Waals surface area contributed by atoms with Crippen LogP contribution in [-0.2, 0) is 25.7 Å². The first kappa shape index (κ1) is 17.4. The predicted molar refractivity (Wildman–Crippen MR) is 90.7 cm³/mol. The van der Waals surface area contributed by atoms with Crippen LogP contribution in [0, 0.1) is 0 Å². The molecule has 0 spiro atoms. The van der Waals surface area contributed by atoms with Crippen LogP contribution >= 0.6 is 0 Å². The zero-order valence-electron chi connectivity index (χ0n) is 13.8. The summed E-state index contributed by atoms with van der Waals surface area (Å²) >= 11 is 0. The fourth-order valence-corrected chi connectivity index (χ4v) is 2.43. The maximum absolute atomic E-state index is 12.2. The molecule has 1 aliphatic heterocycles. The molecule has 0 saturated carbocycles. The fourth-order valence-electron chi connectivity index (χ4n) is 2.43. The number of pyridine rings is 1. The average Bonchev–Trinajstić information content (AvgIpc) is 3.02. The van der Waals surface area contributed by atoms with Gasteiger partial charge in [0.25, 0.3) is 0 Å². The molecule has 2 aromatic rings. The first-order chi connectivity index (χ1) is 12.6. The van der Waals surface area contributed by atoms with Crippen molar-refractivity contribution in [3.05, 3.63) is 60.3 Å². The van der Waals surface area contributed by atoms with Crippen LogP contribution in [0.2, 0.25) is 0 Å². The zero-order chi connectivity index (χ0) is 18.4. The monoisotopic (exact) mass is 355 g/mol. The van der Waals surface area contributed by atoms with Crippen LogP contribution < -0.4 is 5.32 Å². The summed E-state index contributed by atoms with van der Waals surface area (Å²) in [6, 6.07) is 13.2. The van der Waals surface area contributed by atoms with E-state index < -0.39 is 24.0 Å². The second-order valence-electron chi connectivity index (χ2n) is 5.59. The van der Waals surface area contributed by atoms with E-state index in [9.17, 15) is 14.4 Å². The number of nitrogens with one attached hydrogen (secondary N) is 1. The van der Waals surface area contributed by atoms with Crippen molar-refractivity contribution in [1.82, 2.24) is 9.88 Å². The second kappa shape index (κ2) is 8.11. The smallest absolute Gasteiger partial charge is 0.413 e. The number of hydrogen-bond acceptors (Lipinski definition) is 6. The van der Waals surface area contributed by atoms with Gasteiger partial charge < -0.3 is 14.8 Å². The van der Waals surface area contributed by atoms with Crippen molar-refractivity contribution >= 4 is 23.8 Å². The van der Waals surface area contributed by atoms with Crippen molar-refractivity contribution in [1.29, 1.82) is 0 Å². The molecule has 0 radical (unpaired) electrons. The van der Waals surface area contributed by atoms with E-state index in [4.69, 9.17) is 9.47 Å². The van der Waals surface area contributed by atoms with E-state index in [1.807, 2.05) is 30.3 Å². The molecule has 26 heavy (non-hydrogen) atoms. The molecular formula is C18H17N3O5. The van der Waals surface area contributed by atoms with Crippen LogP contribution in [0.3, 0.4) is 0 Å². The first-order valence-electron chi connectivity index (χ1n) is 7.98. The summed E-state index contributed by atoms with van der Waals surface area (Å²) in [5.74, 6) is -0.728. The number of esters is 1. The van der Waals surface area contributed by atoms with Gasteiger partial charge in [0.05, 0.1) is 6.42 Å². The van der Waals surface area contributed by atoms with Crippen molar-refractivity contribution in [3.63, 3.8) is 0 Å². The molecule has 1 fully saturated rings. The molecule has 1 aromatic heterocycles. The summed E-state index contributed by atoms with van der Waals surface area (Å²) in [6.07, 6.45) is 0.582. The molecule has 0 bridgehead atoms. The summed E-state index contributed by atoms with van der Waals surface area (Å²) in [4.78, 5) is 41.3. The van der Waals surface area contributed by atoms with Gasteiger partial charge in [0.15, 0.2) is 6.73 Å². The minimum Gasteiger partial charge on any atom is -0.444 e. The van der Waals surface area contributed by atoms with E-state index >= 15 is 0 Å². The van der Waals surface area contributed by atoms with Crippen molar-refractivity contribution in [3.8, 4) is 0 Å². The number of nitrogens with zero attached hydrogens (tertiary/aromatic N) is 2. The van der Waals surface area contributed by atoms with Gasteiger partial charge >= 0.3 is 12.1 Å². The normalized spacial score (nSPS) is 16.1. The maximum Gasteiger partial charge on any atom is 0.413 e. The summed E-state index contributed by atoms with van der Waals surface area (Å²) in [6.45, 7) is -0.175. The number of benzene rings is 1. The summed E-state index contributed by atoms with van der Waals surface area (Å²) in [7, 11) is 0. The summed E-state index contributed by atoms with van der Waals surface area (Å²) < 4.78 is 10.1. The lowest BCUT2D eigenvalue weighted by Gasteiger charge is -2.19. The highest BCUT2D eigenvalue weighted by Gasteiger charge is 2.40. The second-order valence-corrected chi connectivity index (χ2v) is 5.59. The van der Waals surface area contributed by atoms with Crippen LogP contribution in [0.4, 0.5) is 10.6 Å². The fraction of sp³-hybridized carbons (Fsp3) is 0.222. The number of carbonyl (C=O) groups excluding carboxylic acids is 3. The molecular weight excluding hydrogens is 338 g/mol. The lowest BCUT2D eigenvalue weighted by Crippen LogP contribution is -2.40. The minimum absolute atomic E-state index is 0.0667. The Kier molecular flexibility index (Phi) is 5.43. The lowest BCUT2D eigenvalue weighted by atomic mass is 10.2. The third-order valence-electron chi connectivity index (χ3n) is 3.74. The van der Waals surface area contributed by atoms with Crippen LogP contribution in [-0.4, -0.2) is 40.6 Å². The van der Waals surface area contributed by atoms with Crippen LogP contribution in [0.25, 0.3) is 0 Å². The Labute approximate surface area is 149 Å². The molecule has 1 unspecified atom stereocenters. The quantitative estimate of drug-likeness (QED) is 0.823. The minimum atomic E-state index is -1.03. The Hall–Kier alpha value is -3.42. The highest BCUT2D eigenvalue weighted by molar-refractivity contribution is 5.95. The SMILES string of the molecule is O=C(CC1C(=O)OCN1C(=O)OCc1ccccc1)Nc1ccccn1. The lowest BCUT2D eigenvalue weighted by molar-refractivity contribution is -0.140. The van der Waals surface area contributed by atoms with E-state index in [0.29, 0.717) is 5.82 Å². The molecule has 1 aromatic carbocycles. The molecule has 2 heterocycles. The van der Waals surface area contributed by atoms with E-state index in [1.165, 1.54) is 6.20 Å². The van der Waals surface area contributed by atoms with Gasteiger partial charge in [0.1, 0.15) is 18.5 Å². The first-order valence-corrected chi connectivity index (χ1v) is 7.98. The van der Waals surface area contributed by atoms with Crippen LogP contribution in [0.1, 0.15) is 12.0 Å². The standard InChI is InChI=1S/C18H17N3O5/c22-16(20-15-8-4-5-9-19-15)10-14-17(23)26-12-21(14)18(24)25-11-13-6-2-1-3-7-13/h1-9,14H,10-12H2,(H,19,20,22). The molecule has 8 nitrogen and oxygen atoms in total. The van der Waals surface area contributed by atoms with Gasteiger partial charge in [0.2, 0.25) is 5.91 Å². The zero-order valence-corrected chi connectivity index (χ0v) is 13.8. The topological polar surface area (TPSA) is 97.8 Å². The number of carbonyl (C=O) groups is 3. The number of ether oxygens (including phenoxy) is 2. The Balaban J connectivity index is 1.57. The highest BCUT2D eigenvalue weighted by atomic mass is 16.6. The highest BCUT2D eigenvalue weighted by Crippen LogP contribution is 2.17. The number of amides is 2. The van der Waals surface area contributed by atoms with Crippen LogP contribution in [0.15, 0.2) is 54.7 Å². The van der Waals surface area contributed by atoms with Gasteiger partial charge in [0, 0.05) is 6.20 Å². The Morgan fingerprint density at radius 2 is 1.96 bits per heavy atom. The van der Waals surface area contributed by atoms with Gasteiger partial charge in [-0.3, -0.25) is 9.69 Å². The Morgan fingerprint density at radius 1 is 1.19 bits per heavy atom. The van der Waals surface area contributed by atoms with Gasteiger partial charge in [-0.05, 0) is 17.7 Å². The third kappa shape index (κ3) is 4.35. The van der Waals surface area contributed by atoms with E-state index in [1.54, 1.807) is 18.2 Å². The molecule has 2 amide bonds. The number of rotatable bonds is 5. The number of anilines is 1. The predicted octanol–water partition coefficient (Wildman–Crippen LogP) is 1.93. The van der Waals surface area contributed by atoms with Gasteiger partial charge in [-0.2, -0.15) is 0 Å². The van der Waals surface area contributed by atoms with Crippen molar-refractivity contribution in [2.75, 3.05) is 12.0 Å². The summed E-state index contributed by atoms with van der Waals surface area (Å²) in [5, 5.41) is 2.57. The molecule has 8 heteroatoms. The Morgan fingerprint density at radius 3 is 2.69 bits per heavy atom. The number of aromatic nitrogens is 1. The van der Waals surface area contributed by atoms with E-state index in [2.05, 4.69) is 10.3 Å². The van der Waals surface area contributed by atoms with Crippen molar-refractivity contribution < 1.29 is 23.9 Å². The van der Waals surface area contributed by atoms with E-state index in [0.717, 1.165) is 10.5 Å². The average molecular weight is 355 g/mol. The molecule has 3 rings (SSSR count). The molecule has 0 aliphatic carbocycles. The van der Waals surface area contributed by atoms with Gasteiger partial charge in [-0.25, -0.2) is 14.6 Å². The number of hydrogen-bond donors (Lipinski definition) is 1. The number of cyclic esters (lactones) is 1. The molecule has 1 N–H and O–H groups in total. The molecule has 1 atom stereocenters. The third-order valence-corrected chi connectivity index (χ3v) is 3.74. The molecule has 134 valence electrons. The van der Waals surface area contributed by atoms with Gasteiger partial charge in [-0.1, -0.05) is 36.4 Å². The largest absolute Gasteiger partial charge is 0.444 e.